The van der Waals surface area contributed by atoms with E-state index in [-0.39, 0.29) is 42.8 Å². The lowest BCUT2D eigenvalue weighted by Gasteiger charge is -2.32. The Bertz CT molecular complexity index is 1790. The molecule has 2 heterocycles. The number of para-hydroxylation sites is 1. The fourth-order valence-electron chi connectivity index (χ4n) is 7.98. The SMILES string of the molecule is CC(=O)OC(CC[C@H](NC(=O)c1oc2ccccc2c1C)C(=O)Nc1cccn(CC(=O)NC2C3CC4CC(C3)C2C4)c1=O)C(N)=O. The number of nitrogens with zero attached hydrogens (tertiary/aromatic N) is 1. The van der Waals surface area contributed by atoms with Gasteiger partial charge in [-0.05, 0) is 87.3 Å². The third-order valence-corrected chi connectivity index (χ3v) is 9.99. The molecule has 4 fully saturated rings. The first-order valence-electron chi connectivity index (χ1n) is 16.0. The molecule has 2 aromatic heterocycles. The zero-order chi connectivity index (χ0) is 33.4. The predicted octanol–water partition coefficient (Wildman–Crippen LogP) is 2.39. The molecule has 0 saturated heterocycles. The number of pyridine rings is 1. The molecule has 7 atom stereocenters. The summed E-state index contributed by atoms with van der Waals surface area (Å²) in [5.41, 5.74) is 5.74. The number of benzene rings is 1. The standard InChI is InChI=1S/C34H39N5O8/c1-17-22-6-3-4-8-26(22)47-30(17)33(44)36-24(9-10-27(31(35)42)46-18(2)40)32(43)37-25-7-5-11-39(34(25)45)16-28(41)38-29-21-13-19-12-20(15-21)23(29)14-19/h3-8,11,19-21,23-24,27,29H,9-10,12-16H2,1-2H3,(H2,35,42)(H,36,44)(H,37,43)(H,38,41)/t19?,20?,21?,23?,24-,27?,29?/m0/s1. The van der Waals surface area contributed by atoms with Crippen LogP contribution in [0.4, 0.5) is 5.69 Å². The molecule has 5 N–H and O–H groups in total. The number of hydrogen-bond acceptors (Lipinski definition) is 8. The average molecular weight is 646 g/mol. The second-order valence-corrected chi connectivity index (χ2v) is 13.1. The number of esters is 1. The zero-order valence-electron chi connectivity index (χ0n) is 26.3. The van der Waals surface area contributed by atoms with Gasteiger partial charge >= 0.3 is 5.97 Å². The molecule has 0 spiro atoms. The van der Waals surface area contributed by atoms with E-state index in [0.717, 1.165) is 37.5 Å². The summed E-state index contributed by atoms with van der Waals surface area (Å²) in [6, 6.07) is 8.87. The maximum atomic E-state index is 13.6. The highest BCUT2D eigenvalue weighted by Gasteiger charge is 2.54. The van der Waals surface area contributed by atoms with E-state index in [9.17, 15) is 28.8 Å². The number of aromatic nitrogens is 1. The summed E-state index contributed by atoms with van der Waals surface area (Å²) >= 11 is 0. The Hall–Kier alpha value is -4.94. The van der Waals surface area contributed by atoms with E-state index >= 15 is 0 Å². The summed E-state index contributed by atoms with van der Waals surface area (Å²) in [5, 5.41) is 9.09. The maximum Gasteiger partial charge on any atom is 0.303 e. The van der Waals surface area contributed by atoms with Gasteiger partial charge in [-0.2, -0.15) is 0 Å². The van der Waals surface area contributed by atoms with E-state index in [0.29, 0.717) is 28.9 Å². The van der Waals surface area contributed by atoms with Crippen LogP contribution in [0.3, 0.4) is 0 Å². The topological polar surface area (TPSA) is 192 Å². The zero-order valence-corrected chi connectivity index (χ0v) is 26.3. The van der Waals surface area contributed by atoms with Gasteiger partial charge in [0.05, 0.1) is 0 Å². The van der Waals surface area contributed by atoms with E-state index in [1.807, 2.05) is 0 Å². The largest absolute Gasteiger partial charge is 0.452 e. The first-order chi connectivity index (χ1) is 22.5. The van der Waals surface area contributed by atoms with Gasteiger partial charge in [0.2, 0.25) is 11.8 Å². The summed E-state index contributed by atoms with van der Waals surface area (Å²) in [7, 11) is 0. The molecule has 13 heteroatoms. The summed E-state index contributed by atoms with van der Waals surface area (Å²) < 4.78 is 12.0. The minimum Gasteiger partial charge on any atom is -0.452 e. The number of fused-ring (bicyclic) bond motifs is 1. The summed E-state index contributed by atoms with van der Waals surface area (Å²) in [5.74, 6) is -0.919. The number of anilines is 1. The van der Waals surface area contributed by atoms with Crippen LogP contribution >= 0.6 is 0 Å². The molecule has 4 amide bonds. The summed E-state index contributed by atoms with van der Waals surface area (Å²) in [4.78, 5) is 76.8. The molecule has 248 valence electrons. The Balaban J connectivity index is 1.16. The first kappa shape index (κ1) is 32.0. The van der Waals surface area contributed by atoms with E-state index in [2.05, 4.69) is 16.0 Å². The molecule has 0 radical (unpaired) electrons. The van der Waals surface area contributed by atoms with Crippen LogP contribution in [0.5, 0.6) is 0 Å². The van der Waals surface area contributed by atoms with Crippen molar-refractivity contribution < 1.29 is 33.1 Å². The molecule has 4 aliphatic rings. The van der Waals surface area contributed by atoms with Gasteiger partial charge in [0.15, 0.2) is 11.9 Å². The van der Waals surface area contributed by atoms with Crippen LogP contribution in [-0.4, -0.2) is 52.4 Å². The van der Waals surface area contributed by atoms with Crippen molar-refractivity contribution in [2.24, 2.45) is 29.4 Å². The maximum absolute atomic E-state index is 13.6. The molecular formula is C34H39N5O8. The Labute approximate surface area is 270 Å². The van der Waals surface area contributed by atoms with Crippen molar-refractivity contribution in [2.45, 2.75) is 77.1 Å². The molecule has 0 aliphatic heterocycles. The monoisotopic (exact) mass is 645 g/mol. The molecule has 13 nitrogen and oxygen atoms in total. The van der Waals surface area contributed by atoms with Crippen molar-refractivity contribution in [1.82, 2.24) is 15.2 Å². The fourth-order valence-corrected chi connectivity index (χ4v) is 7.98. The Kier molecular flexibility index (Phi) is 8.89. The van der Waals surface area contributed by atoms with Gasteiger partial charge in [-0.25, -0.2) is 0 Å². The number of carbonyl (C=O) groups is 5. The molecule has 6 unspecified atom stereocenters. The van der Waals surface area contributed by atoms with Crippen molar-refractivity contribution in [2.75, 3.05) is 5.32 Å². The fraction of sp³-hybridized carbons (Fsp3) is 0.471. The molecule has 4 aliphatic carbocycles. The average Bonchev–Trinajstić information content (AvgIpc) is 3.60. The molecule has 4 bridgehead atoms. The molecule has 47 heavy (non-hydrogen) atoms. The number of nitrogens with two attached hydrogens (primary N) is 1. The molecule has 4 saturated carbocycles. The van der Waals surface area contributed by atoms with E-state index < -0.39 is 41.4 Å². The van der Waals surface area contributed by atoms with Crippen LogP contribution in [0.25, 0.3) is 11.0 Å². The molecular weight excluding hydrogens is 606 g/mol. The van der Waals surface area contributed by atoms with Gasteiger partial charge < -0.3 is 35.4 Å². The lowest BCUT2D eigenvalue weighted by atomic mass is 9.79. The Morgan fingerprint density at radius 2 is 1.79 bits per heavy atom. The highest BCUT2D eigenvalue weighted by atomic mass is 16.5. The number of furan rings is 1. The van der Waals surface area contributed by atoms with Crippen molar-refractivity contribution in [3.8, 4) is 0 Å². The van der Waals surface area contributed by atoms with Crippen molar-refractivity contribution in [3.63, 3.8) is 0 Å². The predicted molar refractivity (Wildman–Crippen MR) is 170 cm³/mol. The molecule has 1 aromatic carbocycles. The number of carbonyl (C=O) groups excluding carboxylic acids is 5. The van der Waals surface area contributed by atoms with E-state index in [4.69, 9.17) is 14.9 Å². The summed E-state index contributed by atoms with van der Waals surface area (Å²) in [6.07, 6.45) is 4.48. The van der Waals surface area contributed by atoms with E-state index in [1.165, 1.54) is 23.3 Å². The number of ether oxygens (including phenoxy) is 1. The minimum atomic E-state index is -1.34. The van der Waals surface area contributed by atoms with Gasteiger partial charge in [-0.1, -0.05) is 18.2 Å². The van der Waals surface area contributed by atoms with Gasteiger partial charge in [-0.15, -0.1) is 0 Å². The number of amides is 4. The smallest absolute Gasteiger partial charge is 0.303 e. The van der Waals surface area contributed by atoms with Crippen molar-refractivity contribution >= 4 is 46.3 Å². The third kappa shape index (κ3) is 6.65. The minimum absolute atomic E-state index is 0.00729. The number of rotatable bonds is 12. The van der Waals surface area contributed by atoms with Gasteiger partial charge in [0, 0.05) is 30.1 Å². The number of aryl methyl sites for hydroxylation is 1. The number of nitrogens with one attached hydrogen (secondary N) is 3. The second kappa shape index (κ2) is 13.0. The number of primary amides is 1. The normalized spacial score (nSPS) is 23.7. The highest BCUT2D eigenvalue weighted by Crippen LogP contribution is 2.58. The van der Waals surface area contributed by atoms with Crippen LogP contribution < -0.4 is 27.2 Å². The lowest BCUT2D eigenvalue weighted by molar-refractivity contribution is -0.153. The van der Waals surface area contributed by atoms with Crippen LogP contribution in [0.2, 0.25) is 0 Å². The van der Waals surface area contributed by atoms with Gasteiger partial charge in [0.1, 0.15) is 23.9 Å². The molecule has 7 rings (SSSR count). The van der Waals surface area contributed by atoms with Crippen molar-refractivity contribution in [3.05, 3.63) is 64.3 Å². The third-order valence-electron chi connectivity index (χ3n) is 9.99. The van der Waals surface area contributed by atoms with Crippen LogP contribution in [0.1, 0.15) is 61.6 Å². The molecule has 3 aromatic rings. The van der Waals surface area contributed by atoms with Gasteiger partial charge in [0.25, 0.3) is 17.4 Å². The van der Waals surface area contributed by atoms with Crippen LogP contribution in [0, 0.1) is 30.6 Å². The van der Waals surface area contributed by atoms with Crippen LogP contribution in [-0.2, 0) is 30.5 Å². The Morgan fingerprint density at radius 3 is 2.51 bits per heavy atom. The van der Waals surface area contributed by atoms with Gasteiger partial charge in [-0.3, -0.25) is 28.8 Å². The number of hydrogen-bond donors (Lipinski definition) is 4. The van der Waals surface area contributed by atoms with E-state index in [1.54, 1.807) is 37.3 Å². The van der Waals surface area contributed by atoms with Crippen LogP contribution in [0.15, 0.2) is 51.8 Å². The lowest BCUT2D eigenvalue weighted by Crippen LogP contribution is -2.47. The first-order valence-corrected chi connectivity index (χ1v) is 16.0. The Morgan fingerprint density at radius 1 is 1.02 bits per heavy atom. The summed E-state index contributed by atoms with van der Waals surface area (Å²) in [6.45, 7) is 2.62. The second-order valence-electron chi connectivity index (χ2n) is 13.1. The quantitative estimate of drug-likeness (QED) is 0.216. The highest BCUT2D eigenvalue weighted by molar-refractivity contribution is 6.03. The van der Waals surface area contributed by atoms with Crippen molar-refractivity contribution in [1.29, 1.82) is 0 Å².